The molecule has 0 saturated heterocycles. The van der Waals surface area contributed by atoms with Gasteiger partial charge in [-0.25, -0.2) is 4.79 Å². The van der Waals surface area contributed by atoms with Gasteiger partial charge < -0.3 is 4.74 Å². The number of aryl methyl sites for hydroxylation is 1. The van der Waals surface area contributed by atoms with Crippen molar-refractivity contribution >= 4 is 29.2 Å². The Morgan fingerprint density at radius 2 is 1.72 bits per heavy atom. The number of carbonyl (C=O) groups excluding carboxylic acids is 1. The molecule has 2 aromatic carbocycles. The van der Waals surface area contributed by atoms with Crippen LogP contribution in [0.4, 0.5) is 0 Å². The van der Waals surface area contributed by atoms with Crippen LogP contribution in [0.3, 0.4) is 0 Å². The molecular weight excluding hydrogens is 355 g/mol. The zero-order valence-corrected chi connectivity index (χ0v) is 16.4. The predicted octanol–water partition coefficient (Wildman–Crippen LogP) is 6.09. The number of hydrogen-bond donors (Lipinski definition) is 0. The van der Waals surface area contributed by atoms with Crippen molar-refractivity contribution in [3.63, 3.8) is 0 Å². The summed E-state index contributed by atoms with van der Waals surface area (Å²) in [4.78, 5) is 11.3. The molecule has 2 aromatic rings. The van der Waals surface area contributed by atoms with Crippen LogP contribution >= 0.6 is 23.2 Å². The first-order chi connectivity index (χ1) is 11.9. The lowest BCUT2D eigenvalue weighted by molar-refractivity contribution is -0.144. The molecule has 134 valence electrons. The summed E-state index contributed by atoms with van der Waals surface area (Å²) in [6.07, 6.45) is 3.40. The lowest BCUT2D eigenvalue weighted by Gasteiger charge is -2.31. The number of rotatable bonds is 7. The maximum atomic E-state index is 12.6. The Labute approximate surface area is 160 Å². The van der Waals surface area contributed by atoms with Crippen LogP contribution in [0.5, 0.6) is 0 Å². The summed E-state index contributed by atoms with van der Waals surface area (Å²) in [5.41, 5.74) is 2.96. The van der Waals surface area contributed by atoms with Crippen LogP contribution in [0.2, 0.25) is 5.02 Å². The van der Waals surface area contributed by atoms with E-state index >= 15 is 0 Å². The number of methoxy groups -OCH3 is 1. The van der Waals surface area contributed by atoms with E-state index in [9.17, 15) is 4.79 Å². The number of alkyl halides is 1. The minimum absolute atomic E-state index is 0.261. The zero-order chi connectivity index (χ0) is 18.4. The second kappa shape index (κ2) is 8.73. The maximum absolute atomic E-state index is 12.6. The van der Waals surface area contributed by atoms with E-state index in [1.807, 2.05) is 19.1 Å². The molecule has 0 aliphatic rings. The summed E-state index contributed by atoms with van der Waals surface area (Å²) in [6, 6.07) is 15.3. The highest BCUT2D eigenvalue weighted by molar-refractivity contribution is 6.35. The molecule has 0 spiro atoms. The van der Waals surface area contributed by atoms with Gasteiger partial charge in [0.05, 0.1) is 7.11 Å². The van der Waals surface area contributed by atoms with Crippen molar-refractivity contribution in [2.75, 3.05) is 7.11 Å². The molecule has 0 aliphatic heterocycles. The molecule has 0 aliphatic carbocycles. The molecule has 0 aromatic heterocycles. The lowest BCUT2D eigenvalue weighted by atomic mass is 9.81. The van der Waals surface area contributed by atoms with Crippen molar-refractivity contribution in [3.8, 4) is 0 Å². The van der Waals surface area contributed by atoms with Crippen molar-refractivity contribution in [1.82, 2.24) is 0 Å². The monoisotopic (exact) mass is 378 g/mol. The minimum atomic E-state index is -1.30. The molecule has 25 heavy (non-hydrogen) atoms. The summed E-state index contributed by atoms with van der Waals surface area (Å²) in [7, 11) is 1.36. The third-order valence-electron chi connectivity index (χ3n) is 4.64. The molecule has 0 fully saturated rings. The van der Waals surface area contributed by atoms with E-state index in [1.54, 1.807) is 24.3 Å². The first-order valence-electron chi connectivity index (χ1n) is 8.55. The highest BCUT2D eigenvalue weighted by atomic mass is 35.5. The first kappa shape index (κ1) is 19.8. The smallest absolute Gasteiger partial charge is 0.332 e. The number of esters is 1. The van der Waals surface area contributed by atoms with Crippen LogP contribution in [0.15, 0.2) is 48.5 Å². The summed E-state index contributed by atoms with van der Waals surface area (Å²) in [5.74, 6) is -0.734. The van der Waals surface area contributed by atoms with E-state index in [4.69, 9.17) is 27.9 Å². The highest BCUT2D eigenvalue weighted by Crippen LogP contribution is 2.44. The summed E-state index contributed by atoms with van der Waals surface area (Å²) in [5, 5.41) is 0.598. The van der Waals surface area contributed by atoms with E-state index in [-0.39, 0.29) is 5.92 Å². The average molecular weight is 379 g/mol. The van der Waals surface area contributed by atoms with Crippen molar-refractivity contribution in [1.29, 1.82) is 0 Å². The molecule has 0 amide bonds. The van der Waals surface area contributed by atoms with E-state index in [2.05, 4.69) is 19.1 Å². The fourth-order valence-corrected chi connectivity index (χ4v) is 3.42. The second-order valence-corrected chi connectivity index (χ2v) is 7.31. The number of hydrogen-bond acceptors (Lipinski definition) is 2. The van der Waals surface area contributed by atoms with Gasteiger partial charge in [-0.05, 0) is 41.7 Å². The van der Waals surface area contributed by atoms with Crippen molar-refractivity contribution < 1.29 is 9.53 Å². The Hall–Kier alpha value is -1.51. The van der Waals surface area contributed by atoms with Crippen LogP contribution < -0.4 is 0 Å². The van der Waals surface area contributed by atoms with Gasteiger partial charge in [0.15, 0.2) is 4.87 Å². The topological polar surface area (TPSA) is 26.3 Å². The fourth-order valence-electron chi connectivity index (χ4n) is 2.97. The Bertz CT molecular complexity index is 695. The van der Waals surface area contributed by atoms with Gasteiger partial charge in [-0.3, -0.25) is 0 Å². The molecular formula is C21H24Cl2O2. The SMILES string of the molecule is CCCCc1ccc(C(C)C(Cl)(C(=O)OC)c2ccc(Cl)cc2)cc1. The summed E-state index contributed by atoms with van der Waals surface area (Å²) in [6.45, 7) is 4.13. The zero-order valence-electron chi connectivity index (χ0n) is 14.9. The Morgan fingerprint density at radius 1 is 1.12 bits per heavy atom. The first-order valence-corrected chi connectivity index (χ1v) is 9.31. The standard InChI is InChI=1S/C21H24Cl2O2/c1-4-5-6-16-7-9-17(10-8-16)15(2)21(23,20(24)25-3)18-11-13-19(22)14-12-18/h7-15H,4-6H2,1-3H3. The molecule has 0 saturated carbocycles. The molecule has 0 N–H and O–H groups in total. The van der Waals surface area contributed by atoms with Gasteiger partial charge in [-0.2, -0.15) is 0 Å². The number of benzene rings is 2. The predicted molar refractivity (Wildman–Crippen MR) is 104 cm³/mol. The van der Waals surface area contributed by atoms with E-state index in [1.165, 1.54) is 25.5 Å². The maximum Gasteiger partial charge on any atom is 0.332 e. The number of carbonyl (C=O) groups is 1. The van der Waals surface area contributed by atoms with Crippen molar-refractivity contribution in [2.24, 2.45) is 0 Å². The van der Waals surface area contributed by atoms with Crippen LogP contribution in [-0.4, -0.2) is 13.1 Å². The third kappa shape index (κ3) is 4.37. The van der Waals surface area contributed by atoms with Gasteiger partial charge in [-0.1, -0.05) is 68.3 Å². The largest absolute Gasteiger partial charge is 0.467 e. The molecule has 2 rings (SSSR count). The van der Waals surface area contributed by atoms with E-state index in [0.717, 1.165) is 12.0 Å². The van der Waals surface area contributed by atoms with Crippen molar-refractivity contribution in [2.45, 2.75) is 43.9 Å². The third-order valence-corrected chi connectivity index (χ3v) is 5.59. The average Bonchev–Trinajstić information content (AvgIpc) is 2.65. The Balaban J connectivity index is 2.37. The number of ether oxygens (including phenoxy) is 1. The summed E-state index contributed by atoms with van der Waals surface area (Å²) >= 11 is 12.8. The van der Waals surface area contributed by atoms with Gasteiger partial charge in [0.25, 0.3) is 0 Å². The van der Waals surface area contributed by atoms with Crippen molar-refractivity contribution in [3.05, 3.63) is 70.2 Å². The number of halogens is 2. The normalized spacial score (nSPS) is 14.6. The Kier molecular flexibility index (Phi) is 6.92. The van der Waals surface area contributed by atoms with E-state index in [0.29, 0.717) is 10.6 Å². The molecule has 2 atom stereocenters. The fraction of sp³-hybridized carbons (Fsp3) is 0.381. The molecule has 4 heteroatoms. The number of unbranched alkanes of at least 4 members (excludes halogenated alkanes) is 1. The lowest BCUT2D eigenvalue weighted by Crippen LogP contribution is -2.36. The van der Waals surface area contributed by atoms with E-state index < -0.39 is 10.8 Å². The van der Waals surface area contributed by atoms with Gasteiger partial charge in [-0.15, -0.1) is 11.6 Å². The molecule has 2 unspecified atom stereocenters. The van der Waals surface area contributed by atoms with Gasteiger partial charge in [0.2, 0.25) is 0 Å². The molecule has 0 bridgehead atoms. The van der Waals surface area contributed by atoms with Crippen LogP contribution in [0, 0.1) is 0 Å². The van der Waals surface area contributed by atoms with Crippen LogP contribution in [-0.2, 0) is 20.8 Å². The molecule has 0 heterocycles. The van der Waals surface area contributed by atoms with Gasteiger partial charge >= 0.3 is 5.97 Å². The van der Waals surface area contributed by atoms with Gasteiger partial charge in [0, 0.05) is 10.9 Å². The highest BCUT2D eigenvalue weighted by Gasteiger charge is 2.45. The molecule has 2 nitrogen and oxygen atoms in total. The van der Waals surface area contributed by atoms with Crippen LogP contribution in [0.1, 0.15) is 49.3 Å². The quantitative estimate of drug-likeness (QED) is 0.430. The summed E-state index contributed by atoms with van der Waals surface area (Å²) < 4.78 is 5.02. The second-order valence-electron chi connectivity index (χ2n) is 6.28. The minimum Gasteiger partial charge on any atom is -0.467 e. The van der Waals surface area contributed by atoms with Gasteiger partial charge in [0.1, 0.15) is 0 Å². The molecule has 0 radical (unpaired) electrons. The van der Waals surface area contributed by atoms with Crippen LogP contribution in [0.25, 0.3) is 0 Å². The Morgan fingerprint density at radius 3 is 2.24 bits per heavy atom.